The van der Waals surface area contributed by atoms with Crippen molar-refractivity contribution in [3.63, 3.8) is 0 Å². The van der Waals surface area contributed by atoms with Crippen molar-refractivity contribution in [2.75, 3.05) is 5.32 Å². The summed E-state index contributed by atoms with van der Waals surface area (Å²) in [7, 11) is 0. The summed E-state index contributed by atoms with van der Waals surface area (Å²) in [5, 5.41) is 6.32. The molecule has 2 rings (SSSR count). The van der Waals surface area contributed by atoms with Gasteiger partial charge in [0.2, 0.25) is 5.91 Å². The lowest BCUT2D eigenvalue weighted by Gasteiger charge is -2.21. The van der Waals surface area contributed by atoms with Gasteiger partial charge in [-0.3, -0.25) is 4.79 Å². The smallest absolute Gasteiger partial charge is 0.229 e. The number of hydrogen-bond acceptors (Lipinski definition) is 2. The van der Waals surface area contributed by atoms with Crippen molar-refractivity contribution in [1.29, 1.82) is 0 Å². The number of amides is 1. The van der Waals surface area contributed by atoms with E-state index >= 15 is 0 Å². The van der Waals surface area contributed by atoms with E-state index in [1.165, 1.54) is 24.8 Å². The van der Waals surface area contributed by atoms with Crippen molar-refractivity contribution in [2.45, 2.75) is 58.3 Å². The molecule has 0 saturated heterocycles. The number of aryl methyl sites for hydroxylation is 1. The van der Waals surface area contributed by atoms with Crippen LogP contribution in [-0.4, -0.2) is 11.0 Å². The van der Waals surface area contributed by atoms with E-state index in [0.29, 0.717) is 5.11 Å². The molecule has 1 aliphatic carbocycles. The molecule has 1 saturated carbocycles. The second-order valence-corrected chi connectivity index (χ2v) is 6.49. The lowest BCUT2D eigenvalue weighted by molar-refractivity contribution is -0.124. The van der Waals surface area contributed by atoms with Gasteiger partial charge in [0.25, 0.3) is 0 Å². The minimum Gasteiger partial charge on any atom is -0.332 e. The highest BCUT2D eigenvalue weighted by molar-refractivity contribution is 7.80. The van der Waals surface area contributed by atoms with Gasteiger partial charge in [-0.2, -0.15) is 0 Å². The third-order valence-electron chi connectivity index (χ3n) is 4.24. The van der Waals surface area contributed by atoms with Gasteiger partial charge >= 0.3 is 0 Å². The number of thiocarbonyl (C=S) groups is 1. The molecule has 0 radical (unpaired) electrons. The van der Waals surface area contributed by atoms with Crippen LogP contribution in [0.5, 0.6) is 0 Å². The number of carbonyl (C=O) groups excluding carboxylic acids is 1. The molecule has 1 aromatic carbocycles. The molecule has 4 heteroatoms. The number of nitrogens with one attached hydrogen (secondary N) is 2. The number of anilines is 1. The third kappa shape index (κ3) is 5.41. The summed E-state index contributed by atoms with van der Waals surface area (Å²) < 4.78 is 0. The molecule has 0 spiro atoms. The quantitative estimate of drug-likeness (QED) is 0.790. The average Bonchev–Trinajstić information content (AvgIpc) is 2.55. The Bertz CT molecular complexity index is 492. The lowest BCUT2D eigenvalue weighted by atomic mass is 9.89. The maximum Gasteiger partial charge on any atom is 0.229 e. The molecular weight excluding hydrogens is 292 g/mol. The van der Waals surface area contributed by atoms with Gasteiger partial charge < -0.3 is 10.6 Å². The summed E-state index contributed by atoms with van der Waals surface area (Å²) in [6.45, 7) is 2.20. The summed E-state index contributed by atoms with van der Waals surface area (Å²) in [5.41, 5.74) is 2.26. The van der Waals surface area contributed by atoms with E-state index in [1.54, 1.807) is 0 Å². The van der Waals surface area contributed by atoms with E-state index in [9.17, 15) is 4.79 Å². The van der Waals surface area contributed by atoms with Gasteiger partial charge in [-0.15, -0.1) is 0 Å². The van der Waals surface area contributed by atoms with Gasteiger partial charge in [0.1, 0.15) is 0 Å². The molecule has 0 bridgehead atoms. The van der Waals surface area contributed by atoms with E-state index < -0.39 is 0 Å². The van der Waals surface area contributed by atoms with Crippen LogP contribution in [0.4, 0.5) is 5.69 Å². The van der Waals surface area contributed by atoms with Crippen molar-refractivity contribution in [2.24, 2.45) is 5.92 Å². The van der Waals surface area contributed by atoms with Gasteiger partial charge in [0.15, 0.2) is 5.11 Å². The predicted octanol–water partition coefficient (Wildman–Crippen LogP) is 4.42. The fraction of sp³-hybridized carbons (Fsp3) is 0.556. The van der Waals surface area contributed by atoms with Crippen LogP contribution in [0.2, 0.25) is 0 Å². The zero-order valence-electron chi connectivity index (χ0n) is 13.4. The third-order valence-corrected chi connectivity index (χ3v) is 4.45. The second kappa shape index (κ2) is 8.89. The summed E-state index contributed by atoms with van der Waals surface area (Å²) >= 11 is 5.24. The Balaban J connectivity index is 1.79. The van der Waals surface area contributed by atoms with E-state index in [4.69, 9.17) is 12.2 Å². The van der Waals surface area contributed by atoms with Crippen LogP contribution in [-0.2, 0) is 11.2 Å². The maximum atomic E-state index is 12.1. The van der Waals surface area contributed by atoms with E-state index in [1.807, 2.05) is 12.1 Å². The summed E-state index contributed by atoms with van der Waals surface area (Å²) in [4.78, 5) is 12.1. The summed E-state index contributed by atoms with van der Waals surface area (Å²) in [5.74, 6) is 0.196. The SMILES string of the molecule is CCCCc1ccc(NC(=S)NC(=O)C2CCCCC2)cc1. The van der Waals surface area contributed by atoms with Gasteiger partial charge in [-0.05, 0) is 55.6 Å². The zero-order chi connectivity index (χ0) is 15.8. The molecule has 0 aromatic heterocycles. The minimum atomic E-state index is 0.0664. The Morgan fingerprint density at radius 2 is 1.86 bits per heavy atom. The Hall–Kier alpha value is -1.42. The number of unbranched alkanes of at least 4 members (excludes halogenated alkanes) is 1. The van der Waals surface area contributed by atoms with Crippen LogP contribution in [0.25, 0.3) is 0 Å². The fourth-order valence-corrected chi connectivity index (χ4v) is 3.10. The van der Waals surface area contributed by atoms with Crippen LogP contribution in [0.15, 0.2) is 24.3 Å². The van der Waals surface area contributed by atoms with E-state index in [0.717, 1.165) is 37.8 Å². The Labute approximate surface area is 138 Å². The highest BCUT2D eigenvalue weighted by Crippen LogP contribution is 2.23. The normalized spacial score (nSPS) is 15.3. The first-order valence-electron chi connectivity index (χ1n) is 8.40. The van der Waals surface area contributed by atoms with E-state index in [-0.39, 0.29) is 11.8 Å². The summed E-state index contributed by atoms with van der Waals surface area (Å²) in [6.07, 6.45) is 9.05. The van der Waals surface area contributed by atoms with Gasteiger partial charge in [-0.25, -0.2) is 0 Å². The van der Waals surface area contributed by atoms with Gasteiger partial charge in [0.05, 0.1) is 0 Å². The first-order valence-corrected chi connectivity index (χ1v) is 8.80. The van der Waals surface area contributed by atoms with Crippen molar-refractivity contribution < 1.29 is 4.79 Å². The highest BCUT2D eigenvalue weighted by Gasteiger charge is 2.21. The van der Waals surface area contributed by atoms with Crippen LogP contribution in [0.3, 0.4) is 0 Å². The molecule has 2 N–H and O–H groups in total. The molecule has 1 aliphatic rings. The first kappa shape index (κ1) is 16.9. The standard InChI is InChI=1S/C18H26N2OS/c1-2-3-7-14-10-12-16(13-11-14)19-18(22)20-17(21)15-8-5-4-6-9-15/h10-13,15H,2-9H2,1H3,(H2,19,20,21,22). The number of rotatable bonds is 5. The van der Waals surface area contributed by atoms with Crippen LogP contribution < -0.4 is 10.6 Å². The molecule has 0 heterocycles. The average molecular weight is 318 g/mol. The molecule has 1 amide bonds. The Morgan fingerprint density at radius 1 is 1.18 bits per heavy atom. The maximum absolute atomic E-state index is 12.1. The molecule has 3 nitrogen and oxygen atoms in total. The molecule has 0 aliphatic heterocycles. The minimum absolute atomic E-state index is 0.0664. The second-order valence-electron chi connectivity index (χ2n) is 6.08. The molecular formula is C18H26N2OS. The molecule has 22 heavy (non-hydrogen) atoms. The van der Waals surface area contributed by atoms with Crippen LogP contribution in [0.1, 0.15) is 57.4 Å². The van der Waals surface area contributed by atoms with E-state index in [2.05, 4.69) is 29.7 Å². The highest BCUT2D eigenvalue weighted by atomic mass is 32.1. The lowest BCUT2D eigenvalue weighted by Crippen LogP contribution is -2.38. The van der Waals surface area contributed by atoms with Crippen LogP contribution in [0, 0.1) is 5.92 Å². The van der Waals surface area contributed by atoms with Crippen LogP contribution >= 0.6 is 12.2 Å². The molecule has 0 atom stereocenters. The van der Waals surface area contributed by atoms with Crippen molar-refractivity contribution in [1.82, 2.24) is 5.32 Å². The first-order chi connectivity index (χ1) is 10.7. The summed E-state index contributed by atoms with van der Waals surface area (Å²) in [6, 6.07) is 8.27. The number of benzene rings is 1. The number of carbonyl (C=O) groups is 1. The molecule has 1 aromatic rings. The zero-order valence-corrected chi connectivity index (χ0v) is 14.2. The number of hydrogen-bond donors (Lipinski definition) is 2. The van der Waals surface area contributed by atoms with Crippen molar-refractivity contribution in [3.8, 4) is 0 Å². The molecule has 0 unspecified atom stereocenters. The fourth-order valence-electron chi connectivity index (χ4n) is 2.88. The molecule has 120 valence electrons. The van der Waals surface area contributed by atoms with Gasteiger partial charge in [0, 0.05) is 11.6 Å². The monoisotopic (exact) mass is 318 g/mol. The Kier molecular flexibility index (Phi) is 6.84. The largest absolute Gasteiger partial charge is 0.332 e. The van der Waals surface area contributed by atoms with Crippen molar-refractivity contribution in [3.05, 3.63) is 29.8 Å². The predicted molar refractivity (Wildman–Crippen MR) is 96.0 cm³/mol. The van der Waals surface area contributed by atoms with Crippen molar-refractivity contribution >= 4 is 28.9 Å². The topological polar surface area (TPSA) is 41.1 Å². The van der Waals surface area contributed by atoms with Gasteiger partial charge in [-0.1, -0.05) is 44.7 Å². The molecule has 1 fully saturated rings. The Morgan fingerprint density at radius 3 is 2.50 bits per heavy atom.